The Morgan fingerprint density at radius 1 is 0.893 bits per heavy atom. The average molecular weight is 436 g/mol. The zero-order valence-electron chi connectivity index (χ0n) is 15.9. The van der Waals surface area contributed by atoms with E-state index in [1.54, 1.807) is 14.2 Å². The van der Waals surface area contributed by atoms with Crippen molar-refractivity contribution in [1.82, 2.24) is 0 Å². The Labute approximate surface area is 169 Å². The van der Waals surface area contributed by atoms with Gasteiger partial charge < -0.3 is 0 Å². The van der Waals surface area contributed by atoms with Crippen molar-refractivity contribution < 1.29 is 13.9 Å². The molecule has 4 aromatic rings. The molecule has 1 aliphatic rings. The van der Waals surface area contributed by atoms with Gasteiger partial charge in [0.05, 0.1) is 0 Å². The summed E-state index contributed by atoms with van der Waals surface area (Å²) < 4.78 is 20.5. The second kappa shape index (κ2) is 6.62. The van der Waals surface area contributed by atoms with Gasteiger partial charge in [-0.15, -0.1) is 0 Å². The minimum atomic E-state index is 0.153. The number of methoxy groups -OCH3 is 2. The number of hydrogen-bond donors (Lipinski definition) is 0. The Hall–Kier alpha value is -2.88. The monoisotopic (exact) mass is 437 g/mol. The Kier molecular flexibility index (Phi) is 4.08. The van der Waals surface area contributed by atoms with Crippen molar-refractivity contribution in [3.8, 4) is 11.5 Å². The summed E-state index contributed by atoms with van der Waals surface area (Å²) in [6.45, 7) is 2.04. The summed E-state index contributed by atoms with van der Waals surface area (Å²) in [5.41, 5.74) is 3.95. The van der Waals surface area contributed by atoms with E-state index in [0.29, 0.717) is 0 Å². The molecule has 0 bridgehead atoms. The molecular weight excluding hydrogens is 417 g/mol. The molecule has 0 atom stereocenters. The van der Waals surface area contributed by atoms with Gasteiger partial charge in [0.2, 0.25) is 0 Å². The van der Waals surface area contributed by atoms with Crippen LogP contribution in [-0.2, 0) is 0 Å². The average Bonchev–Trinajstić information content (AvgIpc) is 3.10. The van der Waals surface area contributed by atoms with Gasteiger partial charge in [-0.25, -0.2) is 0 Å². The van der Waals surface area contributed by atoms with Gasteiger partial charge in [0.25, 0.3) is 0 Å². The molecule has 3 aromatic carbocycles. The zero-order chi connectivity index (χ0) is 19.3. The molecule has 0 unspecified atom stereocenters. The summed E-state index contributed by atoms with van der Waals surface area (Å²) in [6.07, 6.45) is 0. The van der Waals surface area contributed by atoms with Crippen LogP contribution in [0, 0.1) is 6.92 Å². The van der Waals surface area contributed by atoms with Gasteiger partial charge in [-0.1, -0.05) is 0 Å². The van der Waals surface area contributed by atoms with Gasteiger partial charge in [0.1, 0.15) is 0 Å². The molecule has 5 heteroatoms. The Balaban J connectivity index is 1.86. The van der Waals surface area contributed by atoms with Crippen LogP contribution in [0.3, 0.4) is 0 Å². The number of furan rings is 1. The van der Waals surface area contributed by atoms with Crippen molar-refractivity contribution in [2.75, 3.05) is 19.1 Å². The Morgan fingerprint density at radius 3 is 2.32 bits per heavy atom. The predicted molar refractivity (Wildman–Crippen MR) is 114 cm³/mol. The van der Waals surface area contributed by atoms with Crippen LogP contribution in [0.4, 0.5) is 17.3 Å². The molecule has 28 heavy (non-hydrogen) atoms. The van der Waals surface area contributed by atoms with Gasteiger partial charge in [-0.2, -0.15) is 0 Å². The fourth-order valence-electron chi connectivity index (χ4n) is 3.67. The molecule has 140 valence electrons. The van der Waals surface area contributed by atoms with Crippen LogP contribution in [0.1, 0.15) is 5.56 Å². The number of anilines is 3. The van der Waals surface area contributed by atoms with E-state index in [9.17, 15) is 0 Å². The van der Waals surface area contributed by atoms with Gasteiger partial charge in [-0.05, 0) is 0 Å². The number of rotatable bonds is 3. The number of aryl methyl sites for hydroxylation is 1. The van der Waals surface area contributed by atoms with Crippen LogP contribution in [0.25, 0.3) is 11.0 Å². The first-order chi connectivity index (χ1) is 13.7. The number of hydrogen-bond acceptors (Lipinski definition) is 4. The molecule has 0 radical (unpaired) electrons. The first kappa shape index (κ1) is 17.2. The predicted octanol–water partition coefficient (Wildman–Crippen LogP) is 4.20. The van der Waals surface area contributed by atoms with E-state index in [2.05, 4.69) is 41.3 Å². The third-order valence-corrected chi connectivity index (χ3v) is 7.34. The topological polar surface area (TPSA) is 34.8 Å². The number of para-hydroxylation sites is 2. The van der Waals surface area contributed by atoms with Crippen molar-refractivity contribution in [1.29, 1.82) is 0 Å². The molecule has 0 fully saturated rings. The molecule has 0 spiro atoms. The summed E-state index contributed by atoms with van der Waals surface area (Å²) >= 11 is 0.153. The van der Waals surface area contributed by atoms with Crippen molar-refractivity contribution in [3.63, 3.8) is 0 Å². The molecule has 0 aliphatic carbocycles. The second-order valence-corrected chi connectivity index (χ2v) is 8.86. The van der Waals surface area contributed by atoms with Gasteiger partial charge in [-0.3, -0.25) is 0 Å². The molecule has 0 N–H and O–H groups in total. The molecule has 5 rings (SSSR count). The number of benzene rings is 3. The molecule has 0 amide bonds. The molecule has 2 heterocycles. The summed E-state index contributed by atoms with van der Waals surface area (Å²) in [5.74, 6) is 2.36. The first-order valence-corrected chi connectivity index (χ1v) is 10.7. The third kappa shape index (κ3) is 2.51. The van der Waals surface area contributed by atoms with Crippen molar-refractivity contribution in [3.05, 3.63) is 66.2 Å². The maximum absolute atomic E-state index is 6.37. The molecule has 1 aromatic heterocycles. The SMILES string of the molecule is COc1cc(C)cc(OC)c1N1c2ccccc2[Se]c2c1oc1ccccc21. The quantitative estimate of drug-likeness (QED) is 0.397. The molecule has 0 saturated heterocycles. The van der Waals surface area contributed by atoms with E-state index in [1.807, 2.05) is 31.2 Å². The number of ether oxygens (including phenoxy) is 2. The van der Waals surface area contributed by atoms with Crippen LogP contribution in [0.5, 0.6) is 11.5 Å². The second-order valence-electron chi connectivity index (χ2n) is 6.66. The normalized spacial score (nSPS) is 12.6. The van der Waals surface area contributed by atoms with E-state index in [0.717, 1.165) is 39.9 Å². The van der Waals surface area contributed by atoms with Crippen molar-refractivity contribution >= 4 is 52.1 Å². The minimum absolute atomic E-state index is 0.153. The van der Waals surface area contributed by atoms with E-state index < -0.39 is 0 Å². The number of nitrogens with zero attached hydrogens (tertiary/aromatic N) is 1. The fourth-order valence-corrected chi connectivity index (χ4v) is 6.04. The van der Waals surface area contributed by atoms with Crippen LogP contribution in [-0.4, -0.2) is 29.2 Å². The molecule has 4 nitrogen and oxygen atoms in total. The van der Waals surface area contributed by atoms with Crippen molar-refractivity contribution in [2.45, 2.75) is 6.92 Å². The van der Waals surface area contributed by atoms with Gasteiger partial charge in [0.15, 0.2) is 0 Å². The first-order valence-electron chi connectivity index (χ1n) is 9.02. The fraction of sp³-hybridized carbons (Fsp3) is 0.130. The van der Waals surface area contributed by atoms with Gasteiger partial charge >= 0.3 is 170 Å². The van der Waals surface area contributed by atoms with Crippen molar-refractivity contribution in [2.24, 2.45) is 0 Å². The zero-order valence-corrected chi connectivity index (χ0v) is 17.6. The van der Waals surface area contributed by atoms with E-state index in [4.69, 9.17) is 13.9 Å². The Morgan fingerprint density at radius 2 is 1.57 bits per heavy atom. The van der Waals surface area contributed by atoms with Crippen LogP contribution >= 0.6 is 0 Å². The van der Waals surface area contributed by atoms with Gasteiger partial charge in [0, 0.05) is 0 Å². The van der Waals surface area contributed by atoms with Crippen LogP contribution < -0.4 is 23.3 Å². The Bertz CT molecular complexity index is 1170. The summed E-state index contributed by atoms with van der Waals surface area (Å²) in [4.78, 5) is 2.15. The molecular formula is C23H19NO3Se. The van der Waals surface area contributed by atoms with E-state index in [1.165, 1.54) is 14.3 Å². The summed E-state index contributed by atoms with van der Waals surface area (Å²) in [6, 6.07) is 20.8. The molecule has 1 aliphatic heterocycles. The summed E-state index contributed by atoms with van der Waals surface area (Å²) in [7, 11) is 3.38. The standard InChI is InChI=1S/C23H19NO3Se/c1-14-12-18(25-2)21(19(13-14)26-3)24-16-9-5-7-11-20(16)28-22-15-8-4-6-10-17(15)27-23(22)24/h4-13H,1-3H3. The maximum atomic E-state index is 6.37. The third-order valence-electron chi connectivity index (χ3n) is 4.90. The summed E-state index contributed by atoms with van der Waals surface area (Å²) in [5, 5.41) is 1.17. The van der Waals surface area contributed by atoms with E-state index in [-0.39, 0.29) is 15.0 Å². The van der Waals surface area contributed by atoms with Crippen LogP contribution in [0.15, 0.2) is 65.1 Å². The number of fused-ring (bicyclic) bond motifs is 4. The molecule has 0 saturated carbocycles. The van der Waals surface area contributed by atoms with E-state index >= 15 is 0 Å². The van der Waals surface area contributed by atoms with Crippen LogP contribution in [0.2, 0.25) is 0 Å².